The summed E-state index contributed by atoms with van der Waals surface area (Å²) >= 11 is 1.61. The van der Waals surface area contributed by atoms with Crippen LogP contribution in [-0.2, 0) is 11.2 Å². The molecule has 2 aromatic rings. The normalized spacial score (nSPS) is 10.4. The Hall–Kier alpha value is -1.74. The summed E-state index contributed by atoms with van der Waals surface area (Å²) in [6, 6.07) is 14.2. The Labute approximate surface area is 117 Å². The standard InChI is InChI=1S/C16H16O2S/c1-11-3-6-14(7-4-11)19-15-8-5-12(2)9-13(15)10-16(17)18/h3-9H,10H2,1-2H3,(H,17,18). The molecule has 0 amide bonds. The van der Waals surface area contributed by atoms with Gasteiger partial charge in [0, 0.05) is 9.79 Å². The summed E-state index contributed by atoms with van der Waals surface area (Å²) in [5.74, 6) is -0.795. The van der Waals surface area contributed by atoms with Gasteiger partial charge in [0.1, 0.15) is 0 Å². The van der Waals surface area contributed by atoms with Crippen molar-refractivity contribution in [1.29, 1.82) is 0 Å². The third-order valence-corrected chi connectivity index (χ3v) is 3.93. The highest BCUT2D eigenvalue weighted by molar-refractivity contribution is 7.99. The second-order valence-electron chi connectivity index (χ2n) is 4.60. The Bertz CT molecular complexity index is 588. The summed E-state index contributed by atoms with van der Waals surface area (Å²) in [6.45, 7) is 4.03. The van der Waals surface area contributed by atoms with Crippen molar-refractivity contribution in [3.8, 4) is 0 Å². The number of carboxylic acids is 1. The average molecular weight is 272 g/mol. The molecule has 0 fully saturated rings. The Morgan fingerprint density at radius 2 is 1.68 bits per heavy atom. The first kappa shape index (κ1) is 13.7. The molecule has 0 spiro atoms. The molecule has 0 aliphatic carbocycles. The Morgan fingerprint density at radius 1 is 1.05 bits per heavy atom. The SMILES string of the molecule is Cc1ccc(Sc2ccc(C)cc2CC(=O)O)cc1. The quantitative estimate of drug-likeness (QED) is 0.911. The van der Waals surface area contributed by atoms with E-state index >= 15 is 0 Å². The third kappa shape index (κ3) is 3.86. The number of hydrogen-bond donors (Lipinski definition) is 1. The van der Waals surface area contributed by atoms with E-state index in [-0.39, 0.29) is 6.42 Å². The van der Waals surface area contributed by atoms with Crippen LogP contribution in [0.1, 0.15) is 16.7 Å². The van der Waals surface area contributed by atoms with Gasteiger partial charge in [-0.05, 0) is 37.6 Å². The van der Waals surface area contributed by atoms with Crippen LogP contribution in [0.25, 0.3) is 0 Å². The largest absolute Gasteiger partial charge is 0.481 e. The fraction of sp³-hybridized carbons (Fsp3) is 0.188. The van der Waals surface area contributed by atoms with E-state index in [9.17, 15) is 4.79 Å². The summed E-state index contributed by atoms with van der Waals surface area (Å²) in [5.41, 5.74) is 3.18. The van der Waals surface area contributed by atoms with E-state index in [1.807, 2.05) is 25.1 Å². The molecule has 0 aliphatic heterocycles. The van der Waals surface area contributed by atoms with Crippen molar-refractivity contribution in [2.75, 3.05) is 0 Å². The lowest BCUT2D eigenvalue weighted by atomic mass is 10.1. The van der Waals surface area contributed by atoms with Crippen LogP contribution in [0, 0.1) is 13.8 Å². The van der Waals surface area contributed by atoms with Crippen molar-refractivity contribution in [3.05, 3.63) is 59.2 Å². The van der Waals surface area contributed by atoms with E-state index in [0.717, 1.165) is 20.9 Å². The summed E-state index contributed by atoms with van der Waals surface area (Å²) in [5, 5.41) is 8.98. The molecule has 0 aromatic heterocycles. The lowest BCUT2D eigenvalue weighted by molar-refractivity contribution is -0.136. The molecule has 0 saturated carbocycles. The number of carbonyl (C=O) groups is 1. The third-order valence-electron chi connectivity index (χ3n) is 2.81. The van der Waals surface area contributed by atoms with Crippen molar-refractivity contribution in [3.63, 3.8) is 0 Å². The van der Waals surface area contributed by atoms with Crippen LogP contribution in [0.5, 0.6) is 0 Å². The van der Waals surface area contributed by atoms with E-state index in [4.69, 9.17) is 5.11 Å². The summed E-state index contributed by atoms with van der Waals surface area (Å²) < 4.78 is 0. The number of aliphatic carboxylic acids is 1. The topological polar surface area (TPSA) is 37.3 Å². The lowest BCUT2D eigenvalue weighted by Crippen LogP contribution is -2.01. The molecule has 19 heavy (non-hydrogen) atoms. The van der Waals surface area contributed by atoms with Gasteiger partial charge in [0.15, 0.2) is 0 Å². The predicted molar refractivity (Wildman–Crippen MR) is 77.8 cm³/mol. The molecule has 2 aromatic carbocycles. The molecule has 0 radical (unpaired) electrons. The number of rotatable bonds is 4. The zero-order chi connectivity index (χ0) is 13.8. The molecule has 3 heteroatoms. The first-order valence-corrected chi connectivity index (χ1v) is 6.92. The summed E-state index contributed by atoms with van der Waals surface area (Å²) in [7, 11) is 0. The number of aryl methyl sites for hydroxylation is 2. The van der Waals surface area contributed by atoms with Gasteiger partial charge in [0.25, 0.3) is 0 Å². The van der Waals surface area contributed by atoms with Gasteiger partial charge in [0.05, 0.1) is 6.42 Å². The van der Waals surface area contributed by atoms with Crippen LogP contribution < -0.4 is 0 Å². The van der Waals surface area contributed by atoms with Crippen molar-refractivity contribution in [2.24, 2.45) is 0 Å². The van der Waals surface area contributed by atoms with Crippen molar-refractivity contribution < 1.29 is 9.90 Å². The highest BCUT2D eigenvalue weighted by Crippen LogP contribution is 2.31. The smallest absolute Gasteiger partial charge is 0.307 e. The maximum atomic E-state index is 10.9. The van der Waals surface area contributed by atoms with E-state index in [2.05, 4.69) is 31.2 Å². The van der Waals surface area contributed by atoms with Crippen LogP contribution in [0.3, 0.4) is 0 Å². The van der Waals surface area contributed by atoms with Crippen LogP contribution in [-0.4, -0.2) is 11.1 Å². The van der Waals surface area contributed by atoms with Crippen LogP contribution in [0.2, 0.25) is 0 Å². The molecule has 0 unspecified atom stereocenters. The van der Waals surface area contributed by atoms with Gasteiger partial charge in [0.2, 0.25) is 0 Å². The predicted octanol–water partition coefficient (Wildman–Crippen LogP) is 4.08. The first-order chi connectivity index (χ1) is 9.04. The molecule has 2 nitrogen and oxygen atoms in total. The lowest BCUT2D eigenvalue weighted by Gasteiger charge is -2.09. The van der Waals surface area contributed by atoms with Crippen LogP contribution >= 0.6 is 11.8 Å². The van der Waals surface area contributed by atoms with Crippen LogP contribution in [0.4, 0.5) is 0 Å². The summed E-state index contributed by atoms with van der Waals surface area (Å²) in [4.78, 5) is 13.1. The van der Waals surface area contributed by atoms with E-state index in [1.54, 1.807) is 11.8 Å². The fourth-order valence-corrected chi connectivity index (χ4v) is 2.77. The molecular weight excluding hydrogens is 256 g/mol. The minimum absolute atomic E-state index is 0.0654. The molecule has 1 N–H and O–H groups in total. The number of hydrogen-bond acceptors (Lipinski definition) is 2. The highest BCUT2D eigenvalue weighted by Gasteiger charge is 2.08. The molecule has 0 saturated heterocycles. The van der Waals surface area contributed by atoms with Gasteiger partial charge in [-0.3, -0.25) is 4.79 Å². The Balaban J connectivity index is 2.28. The van der Waals surface area contributed by atoms with Gasteiger partial charge in [-0.1, -0.05) is 47.2 Å². The van der Waals surface area contributed by atoms with Crippen molar-refractivity contribution in [1.82, 2.24) is 0 Å². The van der Waals surface area contributed by atoms with Crippen molar-refractivity contribution >= 4 is 17.7 Å². The molecule has 0 bridgehead atoms. The number of benzene rings is 2. The molecule has 0 aliphatic rings. The Morgan fingerprint density at radius 3 is 2.32 bits per heavy atom. The molecule has 0 heterocycles. The van der Waals surface area contributed by atoms with Gasteiger partial charge in [-0.15, -0.1) is 0 Å². The first-order valence-electron chi connectivity index (χ1n) is 6.10. The summed E-state index contributed by atoms with van der Waals surface area (Å²) in [6.07, 6.45) is 0.0654. The minimum atomic E-state index is -0.795. The molecule has 2 rings (SSSR count). The van der Waals surface area contributed by atoms with Gasteiger partial charge in [-0.2, -0.15) is 0 Å². The maximum absolute atomic E-state index is 10.9. The second kappa shape index (κ2) is 5.93. The van der Waals surface area contributed by atoms with Gasteiger partial charge >= 0.3 is 5.97 Å². The van der Waals surface area contributed by atoms with Crippen LogP contribution in [0.15, 0.2) is 52.3 Å². The number of carboxylic acid groups (broad SMARTS) is 1. The fourth-order valence-electron chi connectivity index (χ4n) is 1.84. The molecular formula is C16H16O2S. The van der Waals surface area contributed by atoms with Crippen molar-refractivity contribution in [2.45, 2.75) is 30.1 Å². The van der Waals surface area contributed by atoms with E-state index in [1.165, 1.54) is 5.56 Å². The zero-order valence-corrected chi connectivity index (χ0v) is 11.8. The Kier molecular flexibility index (Phi) is 4.27. The minimum Gasteiger partial charge on any atom is -0.481 e. The van der Waals surface area contributed by atoms with E-state index < -0.39 is 5.97 Å². The monoisotopic (exact) mass is 272 g/mol. The average Bonchev–Trinajstić information content (AvgIpc) is 2.34. The zero-order valence-electron chi connectivity index (χ0n) is 11.0. The van der Waals surface area contributed by atoms with E-state index in [0.29, 0.717) is 0 Å². The van der Waals surface area contributed by atoms with Gasteiger partial charge < -0.3 is 5.11 Å². The molecule has 98 valence electrons. The highest BCUT2D eigenvalue weighted by atomic mass is 32.2. The molecule has 0 atom stereocenters. The second-order valence-corrected chi connectivity index (χ2v) is 5.71. The maximum Gasteiger partial charge on any atom is 0.307 e. The van der Waals surface area contributed by atoms with Gasteiger partial charge in [-0.25, -0.2) is 0 Å².